The highest BCUT2D eigenvalue weighted by Gasteiger charge is 2.24. The third-order valence-electron chi connectivity index (χ3n) is 1.56. The molecule has 0 atom stereocenters. The summed E-state index contributed by atoms with van der Waals surface area (Å²) >= 11 is 1.72. The van der Waals surface area contributed by atoms with Crippen molar-refractivity contribution in [1.82, 2.24) is 20.2 Å². The first-order valence-corrected chi connectivity index (χ1v) is 4.58. The Morgan fingerprint density at radius 1 is 1.45 bits per heavy atom. The van der Waals surface area contributed by atoms with E-state index in [2.05, 4.69) is 29.3 Å². The number of thioether (sulfide) groups is 1. The minimum absolute atomic E-state index is 0.0335. The Labute approximate surface area is 70.4 Å². The largest absolute Gasteiger partial charge is 0.190 e. The molecule has 0 aliphatic carbocycles. The zero-order chi connectivity index (χ0) is 8.48. The smallest absolute Gasteiger partial charge is 0.167 e. The predicted octanol–water partition coefficient (Wildman–Crippen LogP) is 0.808. The van der Waals surface area contributed by atoms with E-state index in [1.165, 1.54) is 4.80 Å². The van der Waals surface area contributed by atoms with Crippen molar-refractivity contribution in [3.8, 4) is 0 Å². The second kappa shape index (κ2) is 2.81. The van der Waals surface area contributed by atoms with Crippen molar-refractivity contribution in [3.63, 3.8) is 0 Å². The summed E-state index contributed by atoms with van der Waals surface area (Å²) in [7, 11) is 1.77. The van der Waals surface area contributed by atoms with Crippen molar-refractivity contribution in [2.75, 3.05) is 6.26 Å². The molecule has 0 amide bonds. The Bertz CT molecular complexity index is 242. The third-order valence-corrected chi connectivity index (χ3v) is 2.76. The lowest BCUT2D eigenvalue weighted by Crippen LogP contribution is -2.13. The minimum Gasteiger partial charge on any atom is -0.167 e. The molecule has 1 heterocycles. The molecule has 1 aromatic rings. The highest BCUT2D eigenvalue weighted by molar-refractivity contribution is 7.99. The average molecular weight is 172 g/mol. The normalized spacial score (nSPS) is 12.0. The van der Waals surface area contributed by atoms with Gasteiger partial charge >= 0.3 is 0 Å². The number of hydrogen-bond acceptors (Lipinski definition) is 4. The van der Waals surface area contributed by atoms with Crippen molar-refractivity contribution in [3.05, 3.63) is 5.82 Å². The van der Waals surface area contributed by atoms with Crippen molar-refractivity contribution >= 4 is 11.8 Å². The summed E-state index contributed by atoms with van der Waals surface area (Å²) in [6.45, 7) is 4.16. The first-order chi connectivity index (χ1) is 5.06. The molecular formula is C6H12N4S. The van der Waals surface area contributed by atoms with E-state index in [4.69, 9.17) is 0 Å². The molecular weight excluding hydrogens is 160 g/mol. The van der Waals surface area contributed by atoms with Crippen LogP contribution in [0.15, 0.2) is 0 Å². The van der Waals surface area contributed by atoms with E-state index >= 15 is 0 Å². The number of hydrogen-bond donors (Lipinski definition) is 0. The molecule has 0 unspecified atom stereocenters. The summed E-state index contributed by atoms with van der Waals surface area (Å²) in [5.74, 6) is 0.785. The van der Waals surface area contributed by atoms with Gasteiger partial charge in [-0.15, -0.1) is 10.2 Å². The Morgan fingerprint density at radius 3 is 2.45 bits per heavy atom. The molecule has 0 saturated heterocycles. The number of aryl methyl sites for hydroxylation is 1. The van der Waals surface area contributed by atoms with Crippen molar-refractivity contribution < 1.29 is 0 Å². The molecule has 0 N–H and O–H groups in total. The molecule has 1 rings (SSSR count). The summed E-state index contributed by atoms with van der Waals surface area (Å²) in [6, 6.07) is 0. The average Bonchev–Trinajstić information content (AvgIpc) is 2.36. The Hall–Kier alpha value is -0.580. The van der Waals surface area contributed by atoms with Crippen LogP contribution in [-0.4, -0.2) is 26.5 Å². The Kier molecular flexibility index (Phi) is 2.17. The van der Waals surface area contributed by atoms with Gasteiger partial charge in [0, 0.05) is 0 Å². The molecule has 62 valence electrons. The van der Waals surface area contributed by atoms with Crippen LogP contribution in [0, 0.1) is 0 Å². The standard InChI is InChI=1S/C6H12N4S/c1-6(2,11-4)5-7-9-10(3)8-5/h1-4H3. The Morgan fingerprint density at radius 2 is 2.09 bits per heavy atom. The fraction of sp³-hybridized carbons (Fsp3) is 0.833. The van der Waals surface area contributed by atoms with Crippen LogP contribution >= 0.6 is 11.8 Å². The quantitative estimate of drug-likeness (QED) is 0.662. The number of nitrogens with zero attached hydrogens (tertiary/aromatic N) is 4. The molecule has 0 spiro atoms. The highest BCUT2D eigenvalue weighted by atomic mass is 32.2. The van der Waals surface area contributed by atoms with E-state index in [1.54, 1.807) is 18.8 Å². The summed E-state index contributed by atoms with van der Waals surface area (Å²) in [5, 5.41) is 11.8. The van der Waals surface area contributed by atoms with Gasteiger partial charge in [0.25, 0.3) is 0 Å². The maximum Gasteiger partial charge on any atom is 0.190 e. The number of aromatic nitrogens is 4. The van der Waals surface area contributed by atoms with Crippen LogP contribution in [0.1, 0.15) is 19.7 Å². The van der Waals surface area contributed by atoms with Crippen LogP contribution in [-0.2, 0) is 11.8 Å². The van der Waals surface area contributed by atoms with Gasteiger partial charge in [0.15, 0.2) is 5.82 Å². The first kappa shape index (κ1) is 8.52. The lowest BCUT2D eigenvalue weighted by molar-refractivity contribution is 0.621. The molecule has 4 nitrogen and oxygen atoms in total. The van der Waals surface area contributed by atoms with Gasteiger partial charge in [-0.05, 0) is 25.3 Å². The van der Waals surface area contributed by atoms with Crippen molar-refractivity contribution in [1.29, 1.82) is 0 Å². The molecule has 1 aromatic heterocycles. The fourth-order valence-electron chi connectivity index (χ4n) is 0.616. The molecule has 0 aromatic carbocycles. The molecule has 0 aliphatic rings. The van der Waals surface area contributed by atoms with Gasteiger partial charge in [-0.3, -0.25) is 0 Å². The van der Waals surface area contributed by atoms with Gasteiger partial charge in [0.2, 0.25) is 0 Å². The molecule has 0 bridgehead atoms. The molecule has 0 aliphatic heterocycles. The van der Waals surface area contributed by atoms with Gasteiger partial charge in [0.05, 0.1) is 11.8 Å². The molecule has 0 fully saturated rings. The third kappa shape index (κ3) is 1.71. The highest BCUT2D eigenvalue weighted by Crippen LogP contribution is 2.29. The van der Waals surface area contributed by atoms with Crippen LogP contribution in [0.3, 0.4) is 0 Å². The van der Waals surface area contributed by atoms with E-state index in [9.17, 15) is 0 Å². The van der Waals surface area contributed by atoms with Crippen molar-refractivity contribution in [2.24, 2.45) is 7.05 Å². The maximum absolute atomic E-state index is 4.13. The van der Waals surface area contributed by atoms with E-state index in [0.29, 0.717) is 0 Å². The summed E-state index contributed by atoms with van der Waals surface area (Å²) in [5.41, 5.74) is 0. The first-order valence-electron chi connectivity index (χ1n) is 3.36. The van der Waals surface area contributed by atoms with Crippen LogP contribution in [0.2, 0.25) is 0 Å². The van der Waals surface area contributed by atoms with Gasteiger partial charge < -0.3 is 0 Å². The fourth-order valence-corrected chi connectivity index (χ4v) is 0.880. The monoisotopic (exact) mass is 172 g/mol. The Balaban J connectivity index is 2.92. The second-order valence-electron chi connectivity index (χ2n) is 2.82. The second-order valence-corrected chi connectivity index (χ2v) is 4.25. The number of rotatable bonds is 2. The summed E-state index contributed by atoms with van der Waals surface area (Å²) in [4.78, 5) is 1.48. The van der Waals surface area contributed by atoms with Crippen LogP contribution < -0.4 is 0 Å². The SMILES string of the molecule is CSC(C)(C)c1nnn(C)n1. The van der Waals surface area contributed by atoms with E-state index in [0.717, 1.165) is 5.82 Å². The van der Waals surface area contributed by atoms with E-state index in [-0.39, 0.29) is 4.75 Å². The minimum atomic E-state index is -0.0335. The zero-order valence-electron chi connectivity index (χ0n) is 7.20. The van der Waals surface area contributed by atoms with Crippen molar-refractivity contribution in [2.45, 2.75) is 18.6 Å². The van der Waals surface area contributed by atoms with Crippen LogP contribution in [0.5, 0.6) is 0 Å². The predicted molar refractivity (Wildman–Crippen MR) is 45.3 cm³/mol. The molecule has 11 heavy (non-hydrogen) atoms. The molecule has 0 radical (unpaired) electrons. The lowest BCUT2D eigenvalue weighted by atomic mass is 10.2. The van der Waals surface area contributed by atoms with Gasteiger partial charge in [-0.1, -0.05) is 0 Å². The topological polar surface area (TPSA) is 43.6 Å². The van der Waals surface area contributed by atoms with Gasteiger partial charge in [-0.2, -0.15) is 16.6 Å². The summed E-state index contributed by atoms with van der Waals surface area (Å²) in [6.07, 6.45) is 2.04. The molecule has 5 heteroatoms. The number of tetrazole rings is 1. The summed E-state index contributed by atoms with van der Waals surface area (Å²) < 4.78 is -0.0335. The van der Waals surface area contributed by atoms with Gasteiger partial charge in [0.1, 0.15) is 0 Å². The van der Waals surface area contributed by atoms with Crippen LogP contribution in [0.4, 0.5) is 0 Å². The van der Waals surface area contributed by atoms with Gasteiger partial charge in [-0.25, -0.2) is 0 Å². The van der Waals surface area contributed by atoms with E-state index in [1.807, 2.05) is 6.26 Å². The zero-order valence-corrected chi connectivity index (χ0v) is 8.01. The maximum atomic E-state index is 4.13. The molecule has 0 saturated carbocycles. The van der Waals surface area contributed by atoms with E-state index < -0.39 is 0 Å². The lowest BCUT2D eigenvalue weighted by Gasteiger charge is -2.15. The van der Waals surface area contributed by atoms with Crippen LogP contribution in [0.25, 0.3) is 0 Å².